The van der Waals surface area contributed by atoms with Crippen molar-refractivity contribution in [1.82, 2.24) is 19.8 Å². The van der Waals surface area contributed by atoms with Crippen LogP contribution in [0, 0.1) is 13.5 Å². The number of hydrogen-bond acceptors (Lipinski definition) is 8. The minimum Gasteiger partial charge on any atom is -0.462 e. The Morgan fingerprint density at radius 3 is 2.70 bits per heavy atom. The van der Waals surface area contributed by atoms with Gasteiger partial charge in [-0.3, -0.25) is 9.69 Å². The second-order valence-electron chi connectivity index (χ2n) is 11.7. The molecule has 1 amide bonds. The molecule has 2 saturated heterocycles. The zero-order valence-electron chi connectivity index (χ0n) is 25.3. The van der Waals surface area contributed by atoms with E-state index in [1.165, 1.54) is 26.9 Å². The van der Waals surface area contributed by atoms with E-state index in [0.29, 0.717) is 44.8 Å². The molecule has 1 atom stereocenters. The Kier molecular flexibility index (Phi) is 8.64. The first kappa shape index (κ1) is 29.8. The van der Waals surface area contributed by atoms with Gasteiger partial charge < -0.3 is 29.0 Å². The van der Waals surface area contributed by atoms with E-state index in [1.807, 2.05) is 0 Å². The van der Waals surface area contributed by atoms with Gasteiger partial charge in [-0.2, -0.15) is 9.97 Å². The van der Waals surface area contributed by atoms with E-state index in [9.17, 15) is 9.18 Å². The van der Waals surface area contributed by atoms with E-state index >= 15 is 0 Å². The molecule has 0 radical (unpaired) electrons. The van der Waals surface area contributed by atoms with Crippen LogP contribution in [0.1, 0.15) is 16.8 Å². The molecular formula is C33H38FN7O3. The number of aryl methyl sites for hydroxylation is 1. The van der Waals surface area contributed by atoms with Crippen LogP contribution in [0.5, 0.6) is 6.01 Å². The lowest BCUT2D eigenvalue weighted by atomic mass is 9.99. The molecule has 2 aromatic carbocycles. The lowest BCUT2D eigenvalue weighted by molar-refractivity contribution is -0.131. The van der Waals surface area contributed by atoms with Gasteiger partial charge in [-0.25, -0.2) is 11.0 Å². The topological polar surface area (TPSA) is 78.6 Å². The van der Waals surface area contributed by atoms with Gasteiger partial charge in [-0.15, -0.1) is 0 Å². The van der Waals surface area contributed by atoms with Crippen molar-refractivity contribution in [3.63, 3.8) is 0 Å². The highest BCUT2D eigenvalue weighted by Gasteiger charge is 2.36. The van der Waals surface area contributed by atoms with Gasteiger partial charge in [-0.05, 0) is 37.4 Å². The number of rotatable bonds is 9. The number of benzene rings is 2. The van der Waals surface area contributed by atoms with Crippen molar-refractivity contribution in [1.29, 1.82) is 0 Å². The SMILES string of the molecule is [C-]#[N+]C[C@H]1CN(c2nc(OCCN(C)C3COC3)nc3c2CCN(c2cccc4cccc(C)c24)C3)CCN1C(=O)C(=C)F. The Labute approximate surface area is 257 Å². The van der Waals surface area contributed by atoms with Gasteiger partial charge in [0.25, 0.3) is 5.91 Å². The number of aromatic nitrogens is 2. The molecule has 0 N–H and O–H groups in total. The fraction of sp³-hybridized carbons (Fsp3) is 0.455. The molecule has 3 aromatic rings. The second-order valence-corrected chi connectivity index (χ2v) is 11.7. The number of piperazine rings is 1. The van der Waals surface area contributed by atoms with Crippen molar-refractivity contribution in [2.75, 3.05) is 75.9 Å². The number of anilines is 2. The van der Waals surface area contributed by atoms with Crippen molar-refractivity contribution in [2.24, 2.45) is 0 Å². The van der Waals surface area contributed by atoms with Crippen molar-refractivity contribution >= 4 is 28.2 Å². The molecule has 0 aliphatic carbocycles. The second kappa shape index (κ2) is 12.8. The van der Waals surface area contributed by atoms with E-state index in [-0.39, 0.29) is 13.1 Å². The molecule has 44 heavy (non-hydrogen) atoms. The first-order chi connectivity index (χ1) is 21.3. The van der Waals surface area contributed by atoms with Crippen molar-refractivity contribution in [3.05, 3.63) is 77.0 Å². The normalized spacial score (nSPS) is 18.6. The van der Waals surface area contributed by atoms with Gasteiger partial charge >= 0.3 is 6.01 Å². The van der Waals surface area contributed by atoms with E-state index < -0.39 is 17.8 Å². The predicted molar refractivity (Wildman–Crippen MR) is 168 cm³/mol. The molecule has 1 aromatic heterocycles. The van der Waals surface area contributed by atoms with Gasteiger partial charge in [0.2, 0.25) is 6.54 Å². The fourth-order valence-electron chi connectivity index (χ4n) is 6.36. The highest BCUT2D eigenvalue weighted by Crippen LogP contribution is 2.36. The number of hydrogen-bond donors (Lipinski definition) is 0. The zero-order chi connectivity index (χ0) is 30.8. The summed E-state index contributed by atoms with van der Waals surface area (Å²) in [7, 11) is 2.06. The third-order valence-electron chi connectivity index (χ3n) is 8.95. The van der Waals surface area contributed by atoms with Gasteiger partial charge in [0.1, 0.15) is 18.5 Å². The van der Waals surface area contributed by atoms with E-state index in [2.05, 4.69) is 76.5 Å². The largest absolute Gasteiger partial charge is 0.462 e. The number of halogens is 1. The van der Waals surface area contributed by atoms with E-state index in [1.54, 1.807) is 0 Å². The first-order valence-corrected chi connectivity index (χ1v) is 15.1. The number of amides is 1. The summed E-state index contributed by atoms with van der Waals surface area (Å²) in [6, 6.07) is 13.0. The monoisotopic (exact) mass is 599 g/mol. The molecule has 2 fully saturated rings. The number of carbonyl (C=O) groups is 1. The van der Waals surface area contributed by atoms with Crippen LogP contribution in [0.15, 0.2) is 48.8 Å². The zero-order valence-corrected chi connectivity index (χ0v) is 25.3. The van der Waals surface area contributed by atoms with Gasteiger partial charge in [-0.1, -0.05) is 36.9 Å². The molecule has 6 rings (SSSR count). The van der Waals surface area contributed by atoms with E-state index in [0.717, 1.165) is 43.3 Å². The quantitative estimate of drug-likeness (QED) is 0.273. The lowest BCUT2D eigenvalue weighted by Gasteiger charge is -2.41. The van der Waals surface area contributed by atoms with Crippen molar-refractivity contribution in [3.8, 4) is 6.01 Å². The molecule has 0 saturated carbocycles. The minimum atomic E-state index is -1.01. The highest BCUT2D eigenvalue weighted by atomic mass is 19.1. The molecule has 0 unspecified atom stereocenters. The summed E-state index contributed by atoms with van der Waals surface area (Å²) < 4.78 is 25.3. The lowest BCUT2D eigenvalue weighted by Crippen LogP contribution is -2.57. The summed E-state index contributed by atoms with van der Waals surface area (Å²) in [6.07, 6.45) is 0.728. The summed E-state index contributed by atoms with van der Waals surface area (Å²) in [5, 5.41) is 2.44. The predicted octanol–water partition coefficient (Wildman–Crippen LogP) is 3.63. The maximum absolute atomic E-state index is 13.8. The Hall–Kier alpha value is -4.27. The molecule has 4 heterocycles. The van der Waals surface area contributed by atoms with Crippen LogP contribution in [0.4, 0.5) is 15.9 Å². The summed E-state index contributed by atoms with van der Waals surface area (Å²) in [5.41, 5.74) is 4.35. The smallest absolute Gasteiger partial charge is 0.318 e. The molecule has 3 aliphatic rings. The van der Waals surface area contributed by atoms with Gasteiger partial charge in [0, 0.05) is 49.4 Å². The molecule has 11 heteroatoms. The number of ether oxygens (including phenoxy) is 2. The maximum atomic E-state index is 13.8. The minimum absolute atomic E-state index is 0.0670. The van der Waals surface area contributed by atoms with Crippen LogP contribution in [-0.2, 0) is 22.5 Å². The standard InChI is InChI=1S/C33H38FN7O3/c1-22-7-5-8-24-9-6-10-29(30(22)24)39-12-11-27-28(19-39)36-33(44-16-15-38(4)26-20-43-21-26)37-31(27)40-13-14-41(32(42)23(2)34)25(18-40)17-35-3/h5-10,25-26H,2,11-21H2,1,4H3/t25-/m0/s1. The first-order valence-electron chi connectivity index (χ1n) is 15.1. The highest BCUT2D eigenvalue weighted by molar-refractivity contribution is 5.97. The maximum Gasteiger partial charge on any atom is 0.318 e. The Morgan fingerprint density at radius 1 is 1.18 bits per heavy atom. The van der Waals surface area contributed by atoms with Crippen LogP contribution >= 0.6 is 0 Å². The molecule has 3 aliphatic heterocycles. The third-order valence-corrected chi connectivity index (χ3v) is 8.95. The van der Waals surface area contributed by atoms with Crippen molar-refractivity contribution in [2.45, 2.75) is 32.0 Å². The van der Waals surface area contributed by atoms with Crippen LogP contribution in [0.2, 0.25) is 0 Å². The number of fused-ring (bicyclic) bond motifs is 2. The van der Waals surface area contributed by atoms with Gasteiger partial charge in [0.15, 0.2) is 5.83 Å². The number of nitrogens with zero attached hydrogens (tertiary/aromatic N) is 7. The summed E-state index contributed by atoms with van der Waals surface area (Å²) in [4.78, 5) is 34.0. The molecule has 0 spiro atoms. The average Bonchev–Trinajstić information content (AvgIpc) is 2.99. The van der Waals surface area contributed by atoms with Crippen LogP contribution in [0.3, 0.4) is 0 Å². The Morgan fingerprint density at radius 2 is 1.98 bits per heavy atom. The number of carbonyl (C=O) groups excluding carboxylic acids is 1. The fourth-order valence-corrected chi connectivity index (χ4v) is 6.36. The summed E-state index contributed by atoms with van der Waals surface area (Å²) in [6.45, 7) is 17.9. The van der Waals surface area contributed by atoms with Crippen molar-refractivity contribution < 1.29 is 18.7 Å². The number of likely N-dealkylation sites (N-methyl/N-ethyl adjacent to an activating group) is 1. The van der Waals surface area contributed by atoms with Crippen LogP contribution in [0.25, 0.3) is 15.6 Å². The van der Waals surface area contributed by atoms with E-state index in [4.69, 9.17) is 26.0 Å². The summed E-state index contributed by atoms with van der Waals surface area (Å²) >= 11 is 0. The molecule has 0 bridgehead atoms. The van der Waals surface area contributed by atoms with Gasteiger partial charge in [0.05, 0.1) is 31.5 Å². The summed E-state index contributed by atoms with van der Waals surface area (Å²) in [5.74, 6) is -1.000. The molecule has 230 valence electrons. The molecular weight excluding hydrogens is 561 g/mol. The Bertz CT molecular complexity index is 1600. The Balaban J connectivity index is 1.30. The molecule has 10 nitrogen and oxygen atoms in total. The third kappa shape index (κ3) is 5.92. The van der Waals surface area contributed by atoms with Crippen LogP contribution in [-0.4, -0.2) is 104 Å². The average molecular weight is 600 g/mol. The van der Waals surface area contributed by atoms with Crippen LogP contribution < -0.4 is 14.5 Å².